The van der Waals surface area contributed by atoms with Gasteiger partial charge in [-0.15, -0.1) is 0 Å². The van der Waals surface area contributed by atoms with Crippen LogP contribution in [0.25, 0.3) is 5.69 Å². The van der Waals surface area contributed by atoms with Gasteiger partial charge in [0, 0.05) is 44.8 Å². The minimum atomic E-state index is -0.226. The summed E-state index contributed by atoms with van der Waals surface area (Å²) in [5.41, 5.74) is 4.53. The Balaban J connectivity index is 1.70. The van der Waals surface area contributed by atoms with Crippen molar-refractivity contribution in [3.05, 3.63) is 77.2 Å². The Hall–Kier alpha value is -2.70. The molecule has 2 aromatic carbocycles. The van der Waals surface area contributed by atoms with Crippen LogP contribution >= 0.6 is 0 Å². The molecular weight excluding hydrogens is 401 g/mol. The Bertz CT molecular complexity index is 991. The number of likely N-dealkylation sites (N-methyl/N-ethyl adjacent to an activating group) is 1. The molecule has 1 aromatic heterocycles. The lowest BCUT2D eigenvalue weighted by molar-refractivity contribution is 0.256. The zero-order valence-corrected chi connectivity index (χ0v) is 19.5. The van der Waals surface area contributed by atoms with Gasteiger partial charge in [-0.3, -0.25) is 4.90 Å². The van der Waals surface area contributed by atoms with Gasteiger partial charge in [0.25, 0.3) is 0 Å². The van der Waals surface area contributed by atoms with E-state index in [-0.39, 0.29) is 5.82 Å². The van der Waals surface area contributed by atoms with Crippen LogP contribution in [-0.4, -0.2) is 59.4 Å². The summed E-state index contributed by atoms with van der Waals surface area (Å²) >= 11 is 0. The number of anilines is 1. The second-order valence-electron chi connectivity index (χ2n) is 8.76. The van der Waals surface area contributed by atoms with Gasteiger partial charge in [-0.05, 0) is 56.8 Å². The van der Waals surface area contributed by atoms with E-state index in [0.717, 1.165) is 69.4 Å². The van der Waals surface area contributed by atoms with E-state index in [1.165, 1.54) is 23.3 Å². The van der Waals surface area contributed by atoms with E-state index in [2.05, 4.69) is 65.9 Å². The van der Waals surface area contributed by atoms with Crippen LogP contribution < -0.4 is 4.90 Å². The first-order valence-corrected chi connectivity index (χ1v) is 11.6. The summed E-state index contributed by atoms with van der Waals surface area (Å²) in [6.45, 7) is 11.1. The number of halogens is 1. The fraction of sp³-hybridized carbons (Fsp3) is 0.423. The van der Waals surface area contributed by atoms with Gasteiger partial charge < -0.3 is 9.80 Å². The topological polar surface area (TPSA) is 27.5 Å². The number of rotatable bonds is 8. The van der Waals surface area contributed by atoms with Crippen molar-refractivity contribution in [2.24, 2.45) is 0 Å². The van der Waals surface area contributed by atoms with Gasteiger partial charge in [0.1, 0.15) is 11.6 Å². The molecule has 1 aliphatic heterocycles. The highest BCUT2D eigenvalue weighted by atomic mass is 19.1. The Morgan fingerprint density at radius 2 is 1.62 bits per heavy atom. The fourth-order valence-electron chi connectivity index (χ4n) is 4.43. The first kappa shape index (κ1) is 22.5. The van der Waals surface area contributed by atoms with Crippen molar-refractivity contribution in [1.29, 1.82) is 0 Å². The molecule has 0 bridgehead atoms. The highest BCUT2D eigenvalue weighted by molar-refractivity contribution is 5.55. The van der Waals surface area contributed by atoms with Crippen LogP contribution in [0.5, 0.6) is 0 Å². The average Bonchev–Trinajstić information content (AvgIpc) is 3.11. The smallest absolute Gasteiger partial charge is 0.137 e. The molecule has 32 heavy (non-hydrogen) atoms. The van der Waals surface area contributed by atoms with Crippen molar-refractivity contribution in [3.63, 3.8) is 0 Å². The molecule has 0 unspecified atom stereocenters. The molecule has 0 aliphatic carbocycles. The maximum atomic E-state index is 13.6. The second-order valence-corrected chi connectivity index (χ2v) is 8.76. The molecule has 4 rings (SSSR count). The molecular formula is C26H34FN5. The van der Waals surface area contributed by atoms with Crippen molar-refractivity contribution in [2.45, 2.75) is 33.4 Å². The minimum Gasteiger partial charge on any atom is -0.354 e. The lowest BCUT2D eigenvalue weighted by Crippen LogP contribution is -2.45. The lowest BCUT2D eigenvalue weighted by Gasteiger charge is -2.35. The van der Waals surface area contributed by atoms with E-state index in [4.69, 9.17) is 5.10 Å². The molecule has 1 fully saturated rings. The summed E-state index contributed by atoms with van der Waals surface area (Å²) in [5, 5.41) is 4.94. The SMILES string of the molecule is CCCN(Cc1ccccc1)Cc1c(C)nn(-c2ccc(F)cc2)c1N1CCN(C)CC1. The van der Waals surface area contributed by atoms with Gasteiger partial charge in [-0.1, -0.05) is 37.3 Å². The zero-order valence-electron chi connectivity index (χ0n) is 19.5. The highest BCUT2D eigenvalue weighted by Crippen LogP contribution is 2.30. The number of piperazine rings is 1. The van der Waals surface area contributed by atoms with Crippen molar-refractivity contribution in [2.75, 3.05) is 44.7 Å². The Labute approximate surface area is 191 Å². The summed E-state index contributed by atoms with van der Waals surface area (Å²) in [6, 6.07) is 17.3. The zero-order chi connectivity index (χ0) is 22.5. The van der Waals surface area contributed by atoms with Crippen LogP contribution in [0.2, 0.25) is 0 Å². The van der Waals surface area contributed by atoms with Crippen LogP contribution in [0.4, 0.5) is 10.2 Å². The Kier molecular flexibility index (Phi) is 7.22. The maximum absolute atomic E-state index is 13.6. The molecule has 2 heterocycles. The molecule has 0 atom stereocenters. The van der Waals surface area contributed by atoms with Gasteiger partial charge in [0.15, 0.2) is 0 Å². The minimum absolute atomic E-state index is 0.226. The predicted octanol–water partition coefficient (Wildman–Crippen LogP) is 4.48. The summed E-state index contributed by atoms with van der Waals surface area (Å²) in [6.07, 6.45) is 1.10. The summed E-state index contributed by atoms with van der Waals surface area (Å²) < 4.78 is 15.6. The number of hydrogen-bond acceptors (Lipinski definition) is 4. The Morgan fingerprint density at radius 1 is 0.938 bits per heavy atom. The van der Waals surface area contributed by atoms with E-state index in [1.54, 1.807) is 0 Å². The van der Waals surface area contributed by atoms with Gasteiger partial charge in [0.2, 0.25) is 0 Å². The molecule has 5 nitrogen and oxygen atoms in total. The predicted molar refractivity (Wildman–Crippen MR) is 129 cm³/mol. The highest BCUT2D eigenvalue weighted by Gasteiger charge is 2.26. The number of nitrogens with zero attached hydrogens (tertiary/aromatic N) is 5. The second kappa shape index (κ2) is 10.3. The van der Waals surface area contributed by atoms with E-state index in [0.29, 0.717) is 0 Å². The third-order valence-corrected chi connectivity index (χ3v) is 6.20. The summed E-state index contributed by atoms with van der Waals surface area (Å²) in [7, 11) is 2.17. The van der Waals surface area contributed by atoms with Gasteiger partial charge in [-0.2, -0.15) is 5.10 Å². The molecule has 1 saturated heterocycles. The van der Waals surface area contributed by atoms with Crippen molar-refractivity contribution in [3.8, 4) is 5.69 Å². The van der Waals surface area contributed by atoms with Crippen LogP contribution in [0.3, 0.4) is 0 Å². The largest absolute Gasteiger partial charge is 0.354 e. The maximum Gasteiger partial charge on any atom is 0.137 e. The summed E-state index contributed by atoms with van der Waals surface area (Å²) in [4.78, 5) is 7.32. The molecule has 0 spiro atoms. The monoisotopic (exact) mass is 435 g/mol. The van der Waals surface area contributed by atoms with Crippen LogP contribution in [0, 0.1) is 12.7 Å². The third kappa shape index (κ3) is 5.19. The third-order valence-electron chi connectivity index (χ3n) is 6.20. The van der Waals surface area contributed by atoms with Crippen LogP contribution in [0.1, 0.15) is 30.2 Å². The first-order valence-electron chi connectivity index (χ1n) is 11.6. The number of aryl methyl sites for hydroxylation is 1. The first-order chi connectivity index (χ1) is 15.5. The van der Waals surface area contributed by atoms with Gasteiger partial charge in [-0.25, -0.2) is 9.07 Å². The standard InChI is InChI=1S/C26H34FN5/c1-4-14-30(19-22-8-6-5-7-9-22)20-25-21(2)28-32(24-12-10-23(27)11-13-24)26(25)31-17-15-29(3)16-18-31/h5-13H,4,14-20H2,1-3H3. The van der Waals surface area contributed by atoms with Crippen molar-refractivity contribution in [1.82, 2.24) is 19.6 Å². The van der Waals surface area contributed by atoms with Gasteiger partial charge >= 0.3 is 0 Å². The van der Waals surface area contributed by atoms with Crippen molar-refractivity contribution >= 4 is 5.82 Å². The normalized spacial score (nSPS) is 15.0. The van der Waals surface area contributed by atoms with Crippen LogP contribution in [-0.2, 0) is 13.1 Å². The molecule has 0 radical (unpaired) electrons. The molecule has 0 saturated carbocycles. The lowest BCUT2D eigenvalue weighted by atomic mass is 10.1. The number of aromatic nitrogens is 2. The summed E-state index contributed by atoms with van der Waals surface area (Å²) in [5.74, 6) is 0.923. The molecule has 6 heteroatoms. The van der Waals surface area contributed by atoms with E-state index >= 15 is 0 Å². The molecule has 0 N–H and O–H groups in total. The van der Waals surface area contributed by atoms with Gasteiger partial charge in [0.05, 0.1) is 11.4 Å². The quantitative estimate of drug-likeness (QED) is 0.521. The Morgan fingerprint density at radius 3 is 2.28 bits per heavy atom. The van der Waals surface area contributed by atoms with E-state index in [9.17, 15) is 4.39 Å². The molecule has 1 aliphatic rings. The fourth-order valence-corrected chi connectivity index (χ4v) is 4.43. The van der Waals surface area contributed by atoms with E-state index < -0.39 is 0 Å². The number of hydrogen-bond donors (Lipinski definition) is 0. The van der Waals surface area contributed by atoms with E-state index in [1.807, 2.05) is 16.8 Å². The number of benzene rings is 2. The molecule has 3 aromatic rings. The average molecular weight is 436 g/mol. The van der Waals surface area contributed by atoms with Crippen molar-refractivity contribution < 1.29 is 4.39 Å². The molecule has 0 amide bonds. The van der Waals surface area contributed by atoms with Crippen LogP contribution in [0.15, 0.2) is 54.6 Å². The molecule has 170 valence electrons.